The lowest BCUT2D eigenvalue weighted by atomic mass is 9.83. The van der Waals surface area contributed by atoms with E-state index in [2.05, 4.69) is 5.32 Å². The number of ether oxygens (including phenoxy) is 1. The SMILES string of the molecule is CC1(C(=O)NC2(CO)CCCC2)COCC1N. The Labute approximate surface area is 102 Å². The molecule has 2 atom stereocenters. The molecule has 1 saturated heterocycles. The monoisotopic (exact) mass is 242 g/mol. The van der Waals surface area contributed by atoms with Crippen molar-refractivity contribution in [1.82, 2.24) is 5.32 Å². The number of rotatable bonds is 3. The molecular weight excluding hydrogens is 220 g/mol. The Morgan fingerprint density at radius 1 is 1.53 bits per heavy atom. The van der Waals surface area contributed by atoms with Crippen LogP contribution >= 0.6 is 0 Å². The molecule has 98 valence electrons. The Bertz CT molecular complexity index is 302. The summed E-state index contributed by atoms with van der Waals surface area (Å²) in [6.45, 7) is 2.63. The minimum atomic E-state index is -0.662. The summed E-state index contributed by atoms with van der Waals surface area (Å²) in [5, 5.41) is 12.5. The zero-order valence-corrected chi connectivity index (χ0v) is 10.4. The first-order valence-electron chi connectivity index (χ1n) is 6.29. The van der Waals surface area contributed by atoms with E-state index in [1.807, 2.05) is 6.92 Å². The molecule has 2 rings (SSSR count). The highest BCUT2D eigenvalue weighted by atomic mass is 16.5. The van der Waals surface area contributed by atoms with Crippen molar-refractivity contribution >= 4 is 5.91 Å². The molecule has 1 aliphatic heterocycles. The summed E-state index contributed by atoms with van der Waals surface area (Å²) >= 11 is 0. The number of nitrogens with one attached hydrogen (secondary N) is 1. The third-order valence-corrected chi connectivity index (χ3v) is 4.28. The van der Waals surface area contributed by atoms with E-state index < -0.39 is 11.0 Å². The van der Waals surface area contributed by atoms with Gasteiger partial charge in [-0.15, -0.1) is 0 Å². The van der Waals surface area contributed by atoms with Gasteiger partial charge in [-0.3, -0.25) is 4.79 Å². The van der Waals surface area contributed by atoms with Crippen LogP contribution in [0.15, 0.2) is 0 Å². The number of carbonyl (C=O) groups excluding carboxylic acids is 1. The van der Waals surface area contributed by atoms with Crippen molar-refractivity contribution in [2.45, 2.75) is 44.2 Å². The second-order valence-electron chi connectivity index (χ2n) is 5.64. The Kier molecular flexibility index (Phi) is 3.43. The standard InChI is InChI=1S/C12H22N2O3/c1-11(8-17-6-9(11)13)10(16)14-12(7-15)4-2-3-5-12/h9,15H,2-8,13H2,1H3,(H,14,16). The van der Waals surface area contributed by atoms with Crippen LogP contribution in [0.5, 0.6) is 0 Å². The van der Waals surface area contributed by atoms with Crippen LogP contribution in [0.1, 0.15) is 32.6 Å². The Balaban J connectivity index is 2.05. The Hall–Kier alpha value is -0.650. The van der Waals surface area contributed by atoms with Crippen LogP contribution in [0, 0.1) is 5.41 Å². The van der Waals surface area contributed by atoms with E-state index in [0.717, 1.165) is 25.7 Å². The zero-order chi connectivity index (χ0) is 12.5. The van der Waals surface area contributed by atoms with Gasteiger partial charge in [0.2, 0.25) is 5.91 Å². The molecule has 4 N–H and O–H groups in total. The molecule has 0 aromatic rings. The molecule has 1 amide bonds. The summed E-state index contributed by atoms with van der Waals surface area (Å²) < 4.78 is 5.28. The molecule has 2 aliphatic rings. The second-order valence-corrected chi connectivity index (χ2v) is 5.64. The van der Waals surface area contributed by atoms with Crippen LogP contribution in [0.4, 0.5) is 0 Å². The highest BCUT2D eigenvalue weighted by Gasteiger charge is 2.47. The minimum absolute atomic E-state index is 0.00488. The molecule has 17 heavy (non-hydrogen) atoms. The Morgan fingerprint density at radius 2 is 2.18 bits per heavy atom. The Morgan fingerprint density at radius 3 is 2.65 bits per heavy atom. The fraction of sp³-hybridized carbons (Fsp3) is 0.917. The number of aliphatic hydroxyl groups excluding tert-OH is 1. The van der Waals surface area contributed by atoms with Crippen molar-refractivity contribution in [3.63, 3.8) is 0 Å². The fourth-order valence-electron chi connectivity index (χ4n) is 2.68. The van der Waals surface area contributed by atoms with Crippen LogP contribution in [-0.4, -0.2) is 42.4 Å². The maximum absolute atomic E-state index is 12.3. The highest BCUT2D eigenvalue weighted by Crippen LogP contribution is 2.33. The van der Waals surface area contributed by atoms with Gasteiger partial charge >= 0.3 is 0 Å². The molecule has 0 aromatic carbocycles. The molecule has 1 heterocycles. The molecule has 0 bridgehead atoms. The summed E-state index contributed by atoms with van der Waals surface area (Å²) in [7, 11) is 0. The van der Waals surface area contributed by atoms with Crippen LogP contribution < -0.4 is 11.1 Å². The first kappa shape index (κ1) is 12.8. The summed E-state index contributed by atoms with van der Waals surface area (Å²) in [6, 6.07) is -0.264. The minimum Gasteiger partial charge on any atom is -0.394 e. The van der Waals surface area contributed by atoms with Crippen LogP contribution in [0.3, 0.4) is 0 Å². The van der Waals surface area contributed by atoms with E-state index >= 15 is 0 Å². The molecular formula is C12H22N2O3. The average Bonchev–Trinajstić information content (AvgIpc) is 2.89. The van der Waals surface area contributed by atoms with Gasteiger partial charge in [-0.1, -0.05) is 12.8 Å². The van der Waals surface area contributed by atoms with Crippen molar-refractivity contribution in [1.29, 1.82) is 0 Å². The van der Waals surface area contributed by atoms with Gasteiger partial charge in [-0.2, -0.15) is 0 Å². The predicted molar refractivity (Wildman–Crippen MR) is 63.3 cm³/mol. The van der Waals surface area contributed by atoms with E-state index in [0.29, 0.717) is 13.2 Å². The van der Waals surface area contributed by atoms with Gasteiger partial charge in [0, 0.05) is 6.04 Å². The first-order chi connectivity index (χ1) is 8.02. The van der Waals surface area contributed by atoms with E-state index in [1.54, 1.807) is 0 Å². The highest BCUT2D eigenvalue weighted by molar-refractivity contribution is 5.84. The topological polar surface area (TPSA) is 84.6 Å². The van der Waals surface area contributed by atoms with Gasteiger partial charge in [0.05, 0.1) is 30.8 Å². The van der Waals surface area contributed by atoms with Gasteiger partial charge in [0.15, 0.2) is 0 Å². The molecule has 5 nitrogen and oxygen atoms in total. The van der Waals surface area contributed by atoms with Crippen molar-refractivity contribution in [2.75, 3.05) is 19.8 Å². The first-order valence-corrected chi connectivity index (χ1v) is 6.29. The van der Waals surface area contributed by atoms with E-state index in [1.165, 1.54) is 0 Å². The maximum Gasteiger partial charge on any atom is 0.230 e. The summed E-state index contributed by atoms with van der Waals surface area (Å²) in [4.78, 5) is 12.3. The van der Waals surface area contributed by atoms with Gasteiger partial charge in [0.1, 0.15) is 0 Å². The third-order valence-electron chi connectivity index (χ3n) is 4.28. The number of hydrogen-bond donors (Lipinski definition) is 3. The van der Waals surface area contributed by atoms with Crippen LogP contribution in [0.25, 0.3) is 0 Å². The van der Waals surface area contributed by atoms with Gasteiger partial charge in [-0.25, -0.2) is 0 Å². The molecule has 0 radical (unpaired) electrons. The molecule has 2 unspecified atom stereocenters. The average molecular weight is 242 g/mol. The molecule has 2 fully saturated rings. The van der Waals surface area contributed by atoms with Crippen molar-refractivity contribution < 1.29 is 14.6 Å². The summed E-state index contributed by atoms with van der Waals surface area (Å²) in [5.74, 6) is -0.0848. The number of amides is 1. The fourth-order valence-corrected chi connectivity index (χ4v) is 2.68. The lowest BCUT2D eigenvalue weighted by molar-refractivity contribution is -0.133. The third kappa shape index (κ3) is 2.19. The van der Waals surface area contributed by atoms with Crippen LogP contribution in [-0.2, 0) is 9.53 Å². The van der Waals surface area contributed by atoms with Gasteiger partial charge in [-0.05, 0) is 19.8 Å². The van der Waals surface area contributed by atoms with Gasteiger partial charge in [0.25, 0.3) is 0 Å². The summed E-state index contributed by atoms with van der Waals surface area (Å²) in [6.07, 6.45) is 3.81. The zero-order valence-electron chi connectivity index (χ0n) is 10.4. The second kappa shape index (κ2) is 4.55. The largest absolute Gasteiger partial charge is 0.394 e. The van der Waals surface area contributed by atoms with E-state index in [-0.39, 0.29) is 18.6 Å². The van der Waals surface area contributed by atoms with E-state index in [9.17, 15) is 9.90 Å². The van der Waals surface area contributed by atoms with E-state index in [4.69, 9.17) is 10.5 Å². The molecule has 1 aliphatic carbocycles. The molecule has 1 saturated carbocycles. The van der Waals surface area contributed by atoms with Crippen molar-refractivity contribution in [3.05, 3.63) is 0 Å². The normalized spacial score (nSPS) is 36.1. The molecule has 0 spiro atoms. The molecule has 5 heteroatoms. The molecule has 0 aromatic heterocycles. The lowest BCUT2D eigenvalue weighted by Crippen LogP contribution is -2.57. The van der Waals surface area contributed by atoms with Crippen molar-refractivity contribution in [3.8, 4) is 0 Å². The van der Waals surface area contributed by atoms with Crippen molar-refractivity contribution in [2.24, 2.45) is 11.1 Å². The maximum atomic E-state index is 12.3. The lowest BCUT2D eigenvalue weighted by Gasteiger charge is -2.34. The van der Waals surface area contributed by atoms with Crippen LogP contribution in [0.2, 0.25) is 0 Å². The number of aliphatic hydroxyl groups is 1. The van der Waals surface area contributed by atoms with Gasteiger partial charge < -0.3 is 20.9 Å². The quantitative estimate of drug-likeness (QED) is 0.638. The smallest absolute Gasteiger partial charge is 0.230 e. The summed E-state index contributed by atoms with van der Waals surface area (Å²) in [5.41, 5.74) is 4.83. The number of hydrogen-bond acceptors (Lipinski definition) is 4. The number of nitrogens with two attached hydrogens (primary N) is 1. The number of carbonyl (C=O) groups is 1. The predicted octanol–water partition coefficient (Wildman–Crippen LogP) is -0.229.